The van der Waals surface area contributed by atoms with Crippen LogP contribution in [0.15, 0.2) is 0 Å². The first-order valence-corrected chi connectivity index (χ1v) is 9.10. The van der Waals surface area contributed by atoms with Crippen molar-refractivity contribution in [2.45, 2.75) is 44.1 Å². The van der Waals surface area contributed by atoms with Gasteiger partial charge in [-0.25, -0.2) is 12.7 Å². The molecule has 116 valence electrons. The number of sulfonamides is 1. The van der Waals surface area contributed by atoms with Crippen molar-refractivity contribution in [3.05, 3.63) is 0 Å². The van der Waals surface area contributed by atoms with Gasteiger partial charge in [0, 0.05) is 25.6 Å². The lowest BCUT2D eigenvalue weighted by Gasteiger charge is -2.30. The Kier molecular flexibility index (Phi) is 4.71. The normalized spacial score (nSPS) is 24.7. The van der Waals surface area contributed by atoms with E-state index in [-0.39, 0.29) is 11.8 Å². The van der Waals surface area contributed by atoms with Gasteiger partial charge in [0.2, 0.25) is 15.9 Å². The van der Waals surface area contributed by atoms with E-state index in [1.54, 1.807) is 0 Å². The van der Waals surface area contributed by atoms with Crippen LogP contribution in [0.1, 0.15) is 38.5 Å². The molecule has 2 fully saturated rings. The molecular weight excluding hydrogens is 280 g/mol. The van der Waals surface area contributed by atoms with Crippen LogP contribution in [-0.4, -0.2) is 55.2 Å². The molecule has 2 rings (SSSR count). The number of nitrogens with one attached hydrogen (secondary N) is 1. The molecule has 1 amide bonds. The van der Waals surface area contributed by atoms with Gasteiger partial charge in [0.25, 0.3) is 0 Å². The van der Waals surface area contributed by atoms with E-state index >= 15 is 0 Å². The summed E-state index contributed by atoms with van der Waals surface area (Å²) >= 11 is 0. The number of amides is 1. The smallest absolute Gasteiger partial charge is 0.223 e. The van der Waals surface area contributed by atoms with Crippen LogP contribution >= 0.6 is 0 Å². The van der Waals surface area contributed by atoms with E-state index in [0.29, 0.717) is 32.5 Å². The summed E-state index contributed by atoms with van der Waals surface area (Å²) in [6, 6.07) is 0. The summed E-state index contributed by atoms with van der Waals surface area (Å²) in [5, 5.41) is 13.0. The monoisotopic (exact) mass is 304 g/mol. The third-order valence-corrected chi connectivity index (χ3v) is 5.72. The lowest BCUT2D eigenvalue weighted by molar-refractivity contribution is -0.127. The molecule has 1 heterocycles. The first kappa shape index (κ1) is 15.7. The van der Waals surface area contributed by atoms with Crippen LogP contribution in [0.3, 0.4) is 0 Å². The lowest BCUT2D eigenvalue weighted by Crippen LogP contribution is -2.46. The molecule has 1 saturated carbocycles. The zero-order valence-corrected chi connectivity index (χ0v) is 12.8. The first-order chi connectivity index (χ1) is 9.30. The Bertz CT molecular complexity index is 449. The van der Waals surface area contributed by atoms with Crippen molar-refractivity contribution in [2.24, 2.45) is 5.92 Å². The topological polar surface area (TPSA) is 86.7 Å². The third-order valence-electron chi connectivity index (χ3n) is 4.42. The highest BCUT2D eigenvalue weighted by Gasteiger charge is 2.33. The summed E-state index contributed by atoms with van der Waals surface area (Å²) in [7, 11) is -3.15. The molecule has 20 heavy (non-hydrogen) atoms. The molecule has 1 aliphatic carbocycles. The maximum atomic E-state index is 12.1. The zero-order chi connectivity index (χ0) is 14.8. The average molecular weight is 304 g/mol. The molecular formula is C13H24N2O4S. The Labute approximate surface area is 120 Å². The van der Waals surface area contributed by atoms with Crippen molar-refractivity contribution in [1.82, 2.24) is 9.62 Å². The Balaban J connectivity index is 1.77. The summed E-state index contributed by atoms with van der Waals surface area (Å²) in [6.07, 6.45) is 5.83. The molecule has 0 radical (unpaired) electrons. The summed E-state index contributed by atoms with van der Waals surface area (Å²) in [5.74, 6) is -0.198. The third kappa shape index (κ3) is 3.93. The fourth-order valence-electron chi connectivity index (χ4n) is 3.06. The highest BCUT2D eigenvalue weighted by molar-refractivity contribution is 7.88. The van der Waals surface area contributed by atoms with Gasteiger partial charge < -0.3 is 10.4 Å². The molecule has 0 aromatic heterocycles. The largest absolute Gasteiger partial charge is 0.388 e. The molecule has 0 atom stereocenters. The average Bonchev–Trinajstić information content (AvgIpc) is 2.83. The van der Waals surface area contributed by atoms with Gasteiger partial charge in [-0.3, -0.25) is 4.79 Å². The number of nitrogens with zero attached hydrogens (tertiary/aromatic N) is 1. The van der Waals surface area contributed by atoms with E-state index in [4.69, 9.17) is 0 Å². The highest BCUT2D eigenvalue weighted by Crippen LogP contribution is 2.29. The van der Waals surface area contributed by atoms with Crippen molar-refractivity contribution < 1.29 is 18.3 Å². The molecule has 6 nitrogen and oxygen atoms in total. The van der Waals surface area contributed by atoms with Gasteiger partial charge in [-0.15, -0.1) is 0 Å². The minimum atomic E-state index is -3.15. The van der Waals surface area contributed by atoms with Gasteiger partial charge in [-0.2, -0.15) is 0 Å². The van der Waals surface area contributed by atoms with Gasteiger partial charge in [-0.1, -0.05) is 12.8 Å². The molecule has 0 bridgehead atoms. The van der Waals surface area contributed by atoms with E-state index in [0.717, 1.165) is 25.7 Å². The molecule has 7 heteroatoms. The Morgan fingerprint density at radius 2 is 1.85 bits per heavy atom. The first-order valence-electron chi connectivity index (χ1n) is 7.25. The molecule has 0 spiro atoms. The van der Waals surface area contributed by atoms with E-state index < -0.39 is 15.6 Å². The van der Waals surface area contributed by atoms with Crippen molar-refractivity contribution in [2.75, 3.05) is 25.9 Å². The predicted octanol–water partition coefficient (Wildman–Crippen LogP) is 0.0793. The highest BCUT2D eigenvalue weighted by atomic mass is 32.2. The van der Waals surface area contributed by atoms with Gasteiger partial charge in [0.05, 0.1) is 11.9 Å². The van der Waals surface area contributed by atoms with Gasteiger partial charge >= 0.3 is 0 Å². The summed E-state index contributed by atoms with van der Waals surface area (Å²) in [5.41, 5.74) is -0.733. The summed E-state index contributed by atoms with van der Waals surface area (Å²) in [6.45, 7) is 1.13. The minimum absolute atomic E-state index is 0.0570. The van der Waals surface area contributed by atoms with Gasteiger partial charge in [-0.05, 0) is 25.7 Å². The fourth-order valence-corrected chi connectivity index (χ4v) is 3.93. The van der Waals surface area contributed by atoms with Crippen LogP contribution < -0.4 is 5.32 Å². The van der Waals surface area contributed by atoms with E-state index in [9.17, 15) is 18.3 Å². The Morgan fingerprint density at radius 1 is 1.30 bits per heavy atom. The van der Waals surface area contributed by atoms with Crippen molar-refractivity contribution in [3.63, 3.8) is 0 Å². The van der Waals surface area contributed by atoms with E-state index in [1.807, 2.05) is 0 Å². The standard InChI is InChI=1S/C13H24N2O4S/c1-20(18,19)15-8-4-11(5-9-15)12(16)14-10-13(17)6-2-3-7-13/h11,17H,2-10H2,1H3,(H,14,16). The SMILES string of the molecule is CS(=O)(=O)N1CCC(C(=O)NCC2(O)CCCC2)CC1. The van der Waals surface area contributed by atoms with Crippen LogP contribution in [0.4, 0.5) is 0 Å². The lowest BCUT2D eigenvalue weighted by atomic mass is 9.96. The molecule has 1 aliphatic heterocycles. The minimum Gasteiger partial charge on any atom is -0.388 e. The van der Waals surface area contributed by atoms with Gasteiger partial charge in [0.15, 0.2) is 0 Å². The summed E-state index contributed by atoms with van der Waals surface area (Å²) in [4.78, 5) is 12.1. The number of piperidine rings is 1. The molecule has 0 aromatic carbocycles. The number of rotatable bonds is 4. The number of carbonyl (C=O) groups excluding carboxylic acids is 1. The number of hydrogen-bond donors (Lipinski definition) is 2. The van der Waals surface area contributed by atoms with E-state index in [2.05, 4.69) is 5.32 Å². The van der Waals surface area contributed by atoms with E-state index in [1.165, 1.54) is 10.6 Å². The van der Waals surface area contributed by atoms with Crippen molar-refractivity contribution in [3.8, 4) is 0 Å². The van der Waals surface area contributed by atoms with Crippen LogP contribution in [0.2, 0.25) is 0 Å². The molecule has 0 unspecified atom stereocenters. The number of carbonyl (C=O) groups is 1. The van der Waals surface area contributed by atoms with Crippen LogP contribution in [0.25, 0.3) is 0 Å². The zero-order valence-electron chi connectivity index (χ0n) is 12.0. The molecule has 2 aliphatic rings. The van der Waals surface area contributed by atoms with Crippen LogP contribution in [0, 0.1) is 5.92 Å². The second kappa shape index (κ2) is 5.99. The van der Waals surface area contributed by atoms with Crippen molar-refractivity contribution in [1.29, 1.82) is 0 Å². The number of hydrogen-bond acceptors (Lipinski definition) is 4. The summed E-state index contributed by atoms with van der Waals surface area (Å²) < 4.78 is 24.2. The van der Waals surface area contributed by atoms with Crippen LogP contribution in [-0.2, 0) is 14.8 Å². The quantitative estimate of drug-likeness (QED) is 0.770. The maximum Gasteiger partial charge on any atom is 0.223 e. The van der Waals surface area contributed by atoms with Gasteiger partial charge in [0.1, 0.15) is 0 Å². The second-order valence-electron chi connectivity index (χ2n) is 6.09. The fraction of sp³-hybridized carbons (Fsp3) is 0.923. The molecule has 0 aromatic rings. The van der Waals surface area contributed by atoms with Crippen LogP contribution in [0.5, 0.6) is 0 Å². The number of aliphatic hydroxyl groups is 1. The Hall–Kier alpha value is -0.660. The molecule has 1 saturated heterocycles. The second-order valence-corrected chi connectivity index (χ2v) is 8.07. The molecule has 2 N–H and O–H groups in total. The predicted molar refractivity (Wildman–Crippen MR) is 75.6 cm³/mol. The van der Waals surface area contributed by atoms with Crippen molar-refractivity contribution >= 4 is 15.9 Å². The maximum absolute atomic E-state index is 12.1. The Morgan fingerprint density at radius 3 is 2.35 bits per heavy atom.